The van der Waals surface area contributed by atoms with E-state index in [1.807, 2.05) is 25.1 Å². The summed E-state index contributed by atoms with van der Waals surface area (Å²) in [5, 5.41) is 0.546. The zero-order chi connectivity index (χ0) is 18.7. The third kappa shape index (κ3) is 3.56. The lowest BCUT2D eigenvalue weighted by molar-refractivity contribution is -0.138. The smallest absolute Gasteiger partial charge is 0.340 e. The van der Waals surface area contributed by atoms with Crippen LogP contribution in [0.2, 0.25) is 5.02 Å². The molecule has 1 fully saturated rings. The van der Waals surface area contributed by atoms with Crippen molar-refractivity contribution < 1.29 is 14.3 Å². The average Bonchev–Trinajstić information content (AvgIpc) is 2.88. The molecule has 1 aliphatic heterocycles. The van der Waals surface area contributed by atoms with Gasteiger partial charge in [0.15, 0.2) is 0 Å². The third-order valence-corrected chi connectivity index (χ3v) is 5.41. The molecule has 3 rings (SSSR count). The van der Waals surface area contributed by atoms with Crippen molar-refractivity contribution in [2.75, 3.05) is 6.61 Å². The summed E-state index contributed by atoms with van der Waals surface area (Å²) >= 11 is 6.26. The van der Waals surface area contributed by atoms with E-state index in [1.54, 1.807) is 24.0 Å². The predicted octanol–water partition coefficient (Wildman–Crippen LogP) is 4.74. The number of benzene rings is 1. The van der Waals surface area contributed by atoms with Crippen LogP contribution in [0.15, 0.2) is 41.1 Å². The normalized spacial score (nSPS) is 20.2. The van der Waals surface area contributed by atoms with Crippen LogP contribution in [0.3, 0.4) is 0 Å². The minimum atomic E-state index is -0.449. The largest absolute Gasteiger partial charge is 0.462 e. The van der Waals surface area contributed by atoms with Crippen molar-refractivity contribution in [1.82, 2.24) is 4.90 Å². The Balaban J connectivity index is 2.05. The van der Waals surface area contributed by atoms with Gasteiger partial charge in [0.05, 0.1) is 17.8 Å². The van der Waals surface area contributed by atoms with Crippen LogP contribution >= 0.6 is 11.6 Å². The summed E-state index contributed by atoms with van der Waals surface area (Å²) in [5.41, 5.74) is 2.15. The molecule has 0 saturated heterocycles. The maximum Gasteiger partial charge on any atom is 0.340 e. The van der Waals surface area contributed by atoms with Gasteiger partial charge in [-0.3, -0.25) is 4.79 Å². The van der Waals surface area contributed by atoms with Crippen molar-refractivity contribution in [3.8, 4) is 0 Å². The third-order valence-electron chi connectivity index (χ3n) is 5.07. The lowest BCUT2D eigenvalue weighted by atomic mass is 9.94. The van der Waals surface area contributed by atoms with Gasteiger partial charge < -0.3 is 9.64 Å². The molecule has 1 amide bonds. The van der Waals surface area contributed by atoms with Crippen LogP contribution in [-0.4, -0.2) is 29.4 Å². The van der Waals surface area contributed by atoms with Gasteiger partial charge in [-0.25, -0.2) is 4.79 Å². The molecule has 0 spiro atoms. The second-order valence-electron chi connectivity index (χ2n) is 6.73. The highest BCUT2D eigenvalue weighted by atomic mass is 35.5. The van der Waals surface area contributed by atoms with Gasteiger partial charge in [0.1, 0.15) is 0 Å². The first-order valence-corrected chi connectivity index (χ1v) is 9.60. The average molecular weight is 374 g/mol. The molecule has 4 nitrogen and oxygen atoms in total. The second-order valence-corrected chi connectivity index (χ2v) is 7.13. The van der Waals surface area contributed by atoms with Crippen LogP contribution in [0.25, 0.3) is 6.08 Å². The predicted molar refractivity (Wildman–Crippen MR) is 102 cm³/mol. The lowest BCUT2D eigenvalue weighted by Crippen LogP contribution is -2.37. The Kier molecular flexibility index (Phi) is 5.82. The monoisotopic (exact) mass is 373 g/mol. The molecule has 1 aliphatic carbocycles. The van der Waals surface area contributed by atoms with Crippen molar-refractivity contribution in [2.24, 2.45) is 0 Å². The zero-order valence-electron chi connectivity index (χ0n) is 15.3. The molecule has 138 valence electrons. The number of carbonyl (C=O) groups is 2. The Morgan fingerprint density at radius 1 is 1.27 bits per heavy atom. The van der Waals surface area contributed by atoms with E-state index in [-0.39, 0.29) is 18.6 Å². The summed E-state index contributed by atoms with van der Waals surface area (Å²) in [6.45, 7) is 3.87. The van der Waals surface area contributed by atoms with Gasteiger partial charge in [-0.2, -0.15) is 0 Å². The minimum Gasteiger partial charge on any atom is -0.462 e. The topological polar surface area (TPSA) is 46.6 Å². The van der Waals surface area contributed by atoms with Crippen molar-refractivity contribution in [1.29, 1.82) is 0 Å². The molecule has 1 aromatic carbocycles. The quantitative estimate of drug-likeness (QED) is 0.566. The number of hydrogen-bond acceptors (Lipinski definition) is 3. The Morgan fingerprint density at radius 3 is 2.62 bits per heavy atom. The number of amides is 1. The maximum absolute atomic E-state index is 13.2. The molecule has 0 bridgehead atoms. The molecule has 1 saturated carbocycles. The van der Waals surface area contributed by atoms with Crippen molar-refractivity contribution in [3.63, 3.8) is 0 Å². The molecule has 1 heterocycles. The van der Waals surface area contributed by atoms with E-state index >= 15 is 0 Å². The van der Waals surface area contributed by atoms with Crippen molar-refractivity contribution in [3.05, 3.63) is 51.7 Å². The van der Waals surface area contributed by atoms with Gasteiger partial charge in [0.2, 0.25) is 0 Å². The van der Waals surface area contributed by atoms with Gasteiger partial charge >= 0.3 is 5.97 Å². The fourth-order valence-electron chi connectivity index (χ4n) is 3.83. The number of nitrogens with zero attached hydrogens (tertiary/aromatic N) is 1. The Morgan fingerprint density at radius 2 is 1.96 bits per heavy atom. The Hall–Kier alpha value is -2.07. The van der Waals surface area contributed by atoms with Gasteiger partial charge in [0, 0.05) is 16.8 Å². The summed E-state index contributed by atoms with van der Waals surface area (Å²) in [7, 11) is 0. The first-order valence-electron chi connectivity index (χ1n) is 9.22. The van der Waals surface area contributed by atoms with Gasteiger partial charge in [0.25, 0.3) is 5.91 Å². The maximum atomic E-state index is 13.2. The number of hydrogen-bond donors (Lipinski definition) is 0. The van der Waals surface area contributed by atoms with E-state index in [0.29, 0.717) is 21.9 Å². The van der Waals surface area contributed by atoms with Crippen LogP contribution in [-0.2, 0) is 14.3 Å². The fraction of sp³-hybridized carbons (Fsp3) is 0.429. The molecule has 0 atom stereocenters. The highest BCUT2D eigenvalue weighted by Gasteiger charge is 2.40. The van der Waals surface area contributed by atoms with E-state index in [0.717, 1.165) is 31.2 Å². The molecule has 1 aromatic rings. The molecular weight excluding hydrogens is 350 g/mol. The number of ether oxygens (including phenoxy) is 1. The zero-order valence-corrected chi connectivity index (χ0v) is 16.0. The first-order chi connectivity index (χ1) is 12.5. The number of carbonyl (C=O) groups excluding carboxylic acids is 2. The van der Waals surface area contributed by atoms with E-state index in [4.69, 9.17) is 16.3 Å². The van der Waals surface area contributed by atoms with Gasteiger partial charge in [-0.1, -0.05) is 49.1 Å². The molecule has 5 heteroatoms. The van der Waals surface area contributed by atoms with Crippen molar-refractivity contribution in [2.45, 2.75) is 52.0 Å². The number of halogens is 1. The van der Waals surface area contributed by atoms with Gasteiger partial charge in [-0.15, -0.1) is 0 Å². The van der Waals surface area contributed by atoms with E-state index in [2.05, 4.69) is 0 Å². The van der Waals surface area contributed by atoms with E-state index in [9.17, 15) is 9.59 Å². The highest BCUT2D eigenvalue weighted by Crippen LogP contribution is 2.37. The molecule has 0 unspecified atom stereocenters. The summed E-state index contributed by atoms with van der Waals surface area (Å²) < 4.78 is 5.23. The molecule has 26 heavy (non-hydrogen) atoms. The standard InChI is InChI=1S/C21H24ClNO3/c1-3-26-21(25)19-14(2)23(16-10-5-4-6-11-16)20(24)17(19)13-15-9-7-8-12-18(15)22/h7-9,12-13,16H,3-6,10-11H2,1-2H3/b17-13-. The Bertz CT molecular complexity index is 775. The van der Waals surface area contributed by atoms with Crippen LogP contribution in [0.5, 0.6) is 0 Å². The number of esters is 1. The van der Waals surface area contributed by atoms with Crippen molar-refractivity contribution >= 4 is 29.6 Å². The molecule has 2 aliphatic rings. The first kappa shape index (κ1) is 18.7. The van der Waals surface area contributed by atoms with E-state index in [1.165, 1.54) is 6.42 Å². The SMILES string of the molecule is CCOC(=O)C1=C(C)N(C2CCCCC2)C(=O)/C1=C\c1ccccc1Cl. The van der Waals surface area contributed by atoms with Crippen LogP contribution in [0.4, 0.5) is 0 Å². The van der Waals surface area contributed by atoms with Crippen LogP contribution in [0.1, 0.15) is 51.5 Å². The van der Waals surface area contributed by atoms with Crippen LogP contribution in [0, 0.1) is 0 Å². The molecular formula is C21H24ClNO3. The number of allylic oxidation sites excluding steroid dienone is 1. The summed E-state index contributed by atoms with van der Waals surface area (Å²) in [6.07, 6.45) is 7.08. The second kappa shape index (κ2) is 8.09. The van der Waals surface area contributed by atoms with E-state index < -0.39 is 5.97 Å². The Labute approximate surface area is 159 Å². The van der Waals surface area contributed by atoms with Gasteiger partial charge in [-0.05, 0) is 44.4 Å². The van der Waals surface area contributed by atoms with Crippen LogP contribution < -0.4 is 0 Å². The lowest BCUT2D eigenvalue weighted by Gasteiger charge is -2.32. The number of rotatable bonds is 4. The molecule has 0 aromatic heterocycles. The summed E-state index contributed by atoms with van der Waals surface area (Å²) in [4.78, 5) is 27.6. The highest BCUT2D eigenvalue weighted by molar-refractivity contribution is 6.32. The summed E-state index contributed by atoms with van der Waals surface area (Å²) in [6, 6.07) is 7.45. The fourth-order valence-corrected chi connectivity index (χ4v) is 4.02. The molecule has 0 N–H and O–H groups in total. The molecule has 0 radical (unpaired) electrons. The minimum absolute atomic E-state index is 0.127. The summed E-state index contributed by atoms with van der Waals surface area (Å²) in [5.74, 6) is -0.577.